The minimum atomic E-state index is 0.0516. The van der Waals surface area contributed by atoms with E-state index in [2.05, 4.69) is 0 Å². The van der Waals surface area contributed by atoms with Crippen LogP contribution in [0.1, 0.15) is 30.1 Å². The lowest BCUT2D eigenvalue weighted by Crippen LogP contribution is -2.20. The fourth-order valence-corrected chi connectivity index (χ4v) is 2.90. The van der Waals surface area contributed by atoms with Crippen molar-refractivity contribution >= 4 is 34.5 Å². The van der Waals surface area contributed by atoms with Crippen molar-refractivity contribution in [1.82, 2.24) is 0 Å². The zero-order valence-electron chi connectivity index (χ0n) is 7.46. The highest BCUT2D eigenvalue weighted by Crippen LogP contribution is 2.35. The standard InChI is InChI=1S/C10H9ClO2S/c11-10-2-1-9(14-10)6-3-7(12)5-8(13)4-6/h1-2,6H,3-5H2. The van der Waals surface area contributed by atoms with Crippen LogP contribution in [0.2, 0.25) is 4.34 Å². The minimum Gasteiger partial charge on any atom is -0.299 e. The summed E-state index contributed by atoms with van der Waals surface area (Å²) in [5.41, 5.74) is 0. The average Bonchev–Trinajstić information content (AvgIpc) is 2.50. The summed E-state index contributed by atoms with van der Waals surface area (Å²) in [4.78, 5) is 23.5. The highest BCUT2D eigenvalue weighted by molar-refractivity contribution is 7.16. The molecular formula is C10H9ClO2S. The molecule has 0 atom stereocenters. The van der Waals surface area contributed by atoms with Gasteiger partial charge in [-0.05, 0) is 12.1 Å². The van der Waals surface area contributed by atoms with Crippen molar-refractivity contribution in [3.63, 3.8) is 0 Å². The molecule has 74 valence electrons. The van der Waals surface area contributed by atoms with E-state index in [1.54, 1.807) is 0 Å². The monoisotopic (exact) mass is 228 g/mol. The summed E-state index contributed by atoms with van der Waals surface area (Å²) in [5, 5.41) is 0. The third kappa shape index (κ3) is 2.04. The molecule has 2 nitrogen and oxygen atoms in total. The van der Waals surface area contributed by atoms with E-state index in [9.17, 15) is 9.59 Å². The number of rotatable bonds is 1. The molecule has 0 spiro atoms. The van der Waals surface area contributed by atoms with Gasteiger partial charge in [0.05, 0.1) is 10.8 Å². The van der Waals surface area contributed by atoms with E-state index in [1.165, 1.54) is 11.3 Å². The van der Waals surface area contributed by atoms with E-state index in [-0.39, 0.29) is 23.9 Å². The molecule has 0 aromatic carbocycles. The molecule has 0 bridgehead atoms. The third-order valence-electron chi connectivity index (χ3n) is 2.34. The second-order valence-corrected chi connectivity index (χ2v) is 5.25. The molecule has 0 unspecified atom stereocenters. The van der Waals surface area contributed by atoms with E-state index in [4.69, 9.17) is 11.6 Å². The van der Waals surface area contributed by atoms with Crippen LogP contribution in [0.5, 0.6) is 0 Å². The first-order valence-corrected chi connectivity index (χ1v) is 5.63. The number of halogens is 1. The fraction of sp³-hybridized carbons (Fsp3) is 0.400. The fourth-order valence-electron chi connectivity index (χ4n) is 1.73. The molecule has 1 fully saturated rings. The predicted molar refractivity (Wildman–Crippen MR) is 55.9 cm³/mol. The maximum atomic E-state index is 11.2. The zero-order chi connectivity index (χ0) is 10.1. The van der Waals surface area contributed by atoms with Crippen molar-refractivity contribution in [2.24, 2.45) is 0 Å². The summed E-state index contributed by atoms with van der Waals surface area (Å²) in [6.07, 6.45) is 1.10. The first kappa shape index (κ1) is 9.87. The molecule has 2 rings (SSSR count). The largest absolute Gasteiger partial charge is 0.299 e. The van der Waals surface area contributed by atoms with Gasteiger partial charge >= 0.3 is 0 Å². The van der Waals surface area contributed by atoms with Crippen molar-refractivity contribution in [1.29, 1.82) is 0 Å². The molecule has 1 aromatic heterocycles. The van der Waals surface area contributed by atoms with E-state index >= 15 is 0 Å². The van der Waals surface area contributed by atoms with Crippen molar-refractivity contribution in [3.05, 3.63) is 21.3 Å². The van der Waals surface area contributed by atoms with Crippen molar-refractivity contribution in [2.45, 2.75) is 25.2 Å². The number of hydrogen-bond acceptors (Lipinski definition) is 3. The lowest BCUT2D eigenvalue weighted by Gasteiger charge is -2.18. The van der Waals surface area contributed by atoms with Crippen LogP contribution in [0.4, 0.5) is 0 Å². The molecule has 4 heteroatoms. The molecular weight excluding hydrogens is 220 g/mol. The summed E-state index contributed by atoms with van der Waals surface area (Å²) in [6, 6.07) is 3.72. The number of thiophene rings is 1. The van der Waals surface area contributed by atoms with Crippen LogP contribution in [0, 0.1) is 0 Å². The Morgan fingerprint density at radius 1 is 1.21 bits per heavy atom. The maximum absolute atomic E-state index is 11.2. The topological polar surface area (TPSA) is 34.1 Å². The van der Waals surface area contributed by atoms with E-state index in [0.29, 0.717) is 17.2 Å². The number of carbonyl (C=O) groups is 2. The Hall–Kier alpha value is -0.670. The number of carbonyl (C=O) groups excluding carboxylic acids is 2. The first-order valence-electron chi connectivity index (χ1n) is 4.44. The van der Waals surface area contributed by atoms with Gasteiger partial charge in [0.15, 0.2) is 0 Å². The summed E-state index contributed by atoms with van der Waals surface area (Å²) < 4.78 is 0.713. The molecule has 1 aromatic rings. The smallest absolute Gasteiger partial charge is 0.140 e. The van der Waals surface area contributed by atoms with Gasteiger partial charge in [0.1, 0.15) is 11.6 Å². The summed E-state index contributed by atoms with van der Waals surface area (Å²) in [5.74, 6) is 0.174. The molecule has 1 saturated carbocycles. The van der Waals surface area contributed by atoms with Crippen molar-refractivity contribution in [2.75, 3.05) is 0 Å². The van der Waals surface area contributed by atoms with Crippen molar-refractivity contribution in [3.8, 4) is 0 Å². The predicted octanol–water partition coefficient (Wildman–Crippen LogP) is 2.81. The Labute approximate surface area is 90.9 Å². The van der Waals surface area contributed by atoms with Gasteiger partial charge in [-0.15, -0.1) is 11.3 Å². The maximum Gasteiger partial charge on any atom is 0.140 e. The third-order valence-corrected chi connectivity index (χ3v) is 3.73. The number of Topliss-reactive ketones (excluding diaryl/α,β-unsaturated/α-hetero) is 2. The van der Waals surface area contributed by atoms with Gasteiger partial charge in [-0.25, -0.2) is 0 Å². The first-order chi connectivity index (χ1) is 6.65. The van der Waals surface area contributed by atoms with E-state index in [0.717, 1.165) is 4.88 Å². The quantitative estimate of drug-likeness (QED) is 0.693. The van der Waals surface area contributed by atoms with Gasteiger partial charge in [0, 0.05) is 23.6 Å². The number of hydrogen-bond donors (Lipinski definition) is 0. The molecule has 1 heterocycles. The number of ketones is 2. The molecule has 1 aliphatic carbocycles. The Balaban J connectivity index is 2.18. The van der Waals surface area contributed by atoms with E-state index < -0.39 is 0 Å². The Morgan fingerprint density at radius 2 is 1.86 bits per heavy atom. The van der Waals surface area contributed by atoms with Crippen LogP contribution in [0.15, 0.2) is 12.1 Å². The van der Waals surface area contributed by atoms with Crippen molar-refractivity contribution < 1.29 is 9.59 Å². The molecule has 14 heavy (non-hydrogen) atoms. The minimum absolute atomic E-state index is 0.0516. The highest BCUT2D eigenvalue weighted by atomic mass is 35.5. The Morgan fingerprint density at radius 3 is 2.36 bits per heavy atom. The summed E-state index contributed by atoms with van der Waals surface area (Å²) >= 11 is 7.26. The zero-order valence-corrected chi connectivity index (χ0v) is 9.03. The lowest BCUT2D eigenvalue weighted by atomic mass is 9.86. The normalized spacial score (nSPS) is 18.9. The molecule has 0 aliphatic heterocycles. The lowest BCUT2D eigenvalue weighted by molar-refractivity contribution is -0.130. The van der Waals surface area contributed by atoms with E-state index in [1.807, 2.05) is 12.1 Å². The van der Waals surface area contributed by atoms with Gasteiger partial charge in [0.25, 0.3) is 0 Å². The Kier molecular flexibility index (Phi) is 2.70. The van der Waals surface area contributed by atoms with Crippen LogP contribution in [-0.4, -0.2) is 11.6 Å². The second kappa shape index (κ2) is 3.83. The molecule has 0 saturated heterocycles. The van der Waals surface area contributed by atoms with Gasteiger partial charge in [-0.1, -0.05) is 11.6 Å². The average molecular weight is 229 g/mol. The van der Waals surface area contributed by atoms with Crippen LogP contribution < -0.4 is 0 Å². The molecule has 0 radical (unpaired) electrons. The van der Waals surface area contributed by atoms with Gasteiger partial charge in [-0.3, -0.25) is 9.59 Å². The SMILES string of the molecule is O=C1CC(=O)CC(c2ccc(Cl)s2)C1. The van der Waals surface area contributed by atoms with Gasteiger partial charge in [0.2, 0.25) is 0 Å². The molecule has 1 aliphatic rings. The van der Waals surface area contributed by atoms with Crippen LogP contribution in [0.3, 0.4) is 0 Å². The summed E-state index contributed by atoms with van der Waals surface area (Å²) in [6.45, 7) is 0. The van der Waals surface area contributed by atoms with Gasteiger partial charge < -0.3 is 0 Å². The highest BCUT2D eigenvalue weighted by Gasteiger charge is 2.27. The van der Waals surface area contributed by atoms with Crippen LogP contribution in [-0.2, 0) is 9.59 Å². The van der Waals surface area contributed by atoms with Crippen LogP contribution >= 0.6 is 22.9 Å². The van der Waals surface area contributed by atoms with Crippen LogP contribution in [0.25, 0.3) is 0 Å². The molecule has 0 N–H and O–H groups in total. The molecule has 0 amide bonds. The summed E-state index contributed by atoms with van der Waals surface area (Å²) in [7, 11) is 0. The van der Waals surface area contributed by atoms with Gasteiger partial charge in [-0.2, -0.15) is 0 Å². The Bertz CT molecular complexity index is 367. The second-order valence-electron chi connectivity index (χ2n) is 3.50.